The summed E-state index contributed by atoms with van der Waals surface area (Å²) < 4.78 is 0. The van der Waals surface area contributed by atoms with Gasteiger partial charge in [0, 0.05) is 13.6 Å². The summed E-state index contributed by atoms with van der Waals surface area (Å²) >= 11 is 0. The number of amides is 1. The third kappa shape index (κ3) is 2.70. The van der Waals surface area contributed by atoms with Crippen molar-refractivity contribution in [2.24, 2.45) is 11.5 Å². The predicted molar refractivity (Wildman–Crippen MR) is 54.6 cm³/mol. The van der Waals surface area contributed by atoms with Crippen molar-refractivity contribution in [2.45, 2.75) is 6.54 Å². The van der Waals surface area contributed by atoms with Crippen LogP contribution in [0.2, 0.25) is 0 Å². The van der Waals surface area contributed by atoms with Gasteiger partial charge in [-0.05, 0) is 12.1 Å². The number of likely N-dealkylation sites (N-methyl/N-ethyl adjacent to an activating group) is 1. The van der Waals surface area contributed by atoms with Crippen LogP contribution in [0.3, 0.4) is 0 Å². The summed E-state index contributed by atoms with van der Waals surface area (Å²) in [6.07, 6.45) is 1.67. The predicted octanol–water partition coefficient (Wildman–Crippen LogP) is -0.538. The Bertz CT molecular complexity index is 309. The molecular weight excluding hydrogens is 180 g/mol. The Hall–Kier alpha value is -1.62. The van der Waals surface area contributed by atoms with Crippen LogP contribution in [-0.2, 0) is 11.3 Å². The number of anilines is 1. The minimum Gasteiger partial charge on any atom is -0.368 e. The van der Waals surface area contributed by atoms with Gasteiger partial charge >= 0.3 is 0 Å². The highest BCUT2D eigenvalue weighted by atomic mass is 16.1. The molecule has 5 nitrogen and oxygen atoms in total. The van der Waals surface area contributed by atoms with Gasteiger partial charge in [-0.25, -0.2) is 0 Å². The first-order chi connectivity index (χ1) is 6.63. The first-order valence-electron chi connectivity index (χ1n) is 4.28. The van der Waals surface area contributed by atoms with E-state index in [4.69, 9.17) is 11.5 Å². The Labute approximate surface area is 82.7 Å². The average Bonchev–Trinajstić information content (AvgIpc) is 2.17. The minimum absolute atomic E-state index is 0.184. The molecule has 5 heteroatoms. The maximum Gasteiger partial charge on any atom is 0.236 e. The third-order valence-corrected chi connectivity index (χ3v) is 1.85. The Morgan fingerprint density at radius 3 is 2.71 bits per heavy atom. The normalized spacial score (nSPS) is 9.86. The fraction of sp³-hybridized carbons (Fsp3) is 0.333. The number of nitrogens with two attached hydrogens (primary N) is 2. The van der Waals surface area contributed by atoms with E-state index in [-0.39, 0.29) is 12.5 Å². The number of nitrogens with zero attached hydrogens (tertiary/aromatic N) is 2. The number of pyridine rings is 1. The van der Waals surface area contributed by atoms with Crippen molar-refractivity contribution in [3.05, 3.63) is 24.0 Å². The summed E-state index contributed by atoms with van der Waals surface area (Å²) in [6, 6.07) is 3.69. The van der Waals surface area contributed by atoms with Gasteiger partial charge in [0.15, 0.2) is 0 Å². The van der Waals surface area contributed by atoms with Crippen LogP contribution < -0.4 is 16.4 Å². The number of hydrogen-bond donors (Lipinski definition) is 2. The largest absolute Gasteiger partial charge is 0.368 e. The molecule has 76 valence electrons. The first-order valence-corrected chi connectivity index (χ1v) is 4.28. The maximum atomic E-state index is 10.6. The van der Waals surface area contributed by atoms with Crippen LogP contribution in [0.4, 0.5) is 5.69 Å². The third-order valence-electron chi connectivity index (χ3n) is 1.85. The summed E-state index contributed by atoms with van der Waals surface area (Å²) in [6.45, 7) is 0.601. The number of primary amides is 1. The van der Waals surface area contributed by atoms with E-state index in [0.717, 1.165) is 11.4 Å². The van der Waals surface area contributed by atoms with Crippen LogP contribution in [0, 0.1) is 0 Å². The van der Waals surface area contributed by atoms with E-state index >= 15 is 0 Å². The van der Waals surface area contributed by atoms with Gasteiger partial charge in [0.05, 0.1) is 24.1 Å². The molecule has 0 aromatic carbocycles. The SMILES string of the molecule is CN(CC(N)=O)c1ccc(CN)nc1. The van der Waals surface area contributed by atoms with Crippen LogP contribution in [0.15, 0.2) is 18.3 Å². The minimum atomic E-state index is -0.365. The molecule has 0 spiro atoms. The molecular formula is C9H14N4O. The molecule has 0 bridgehead atoms. The Kier molecular flexibility index (Phi) is 3.41. The van der Waals surface area contributed by atoms with Crippen LogP contribution in [0.1, 0.15) is 5.69 Å². The number of aromatic nitrogens is 1. The molecule has 0 aliphatic carbocycles. The maximum absolute atomic E-state index is 10.6. The lowest BCUT2D eigenvalue weighted by Gasteiger charge is -2.16. The second-order valence-electron chi connectivity index (χ2n) is 3.03. The van der Waals surface area contributed by atoms with Gasteiger partial charge in [-0.1, -0.05) is 0 Å². The lowest BCUT2D eigenvalue weighted by atomic mass is 10.3. The smallest absolute Gasteiger partial charge is 0.236 e. The molecule has 0 aliphatic heterocycles. The molecule has 1 aromatic rings. The fourth-order valence-corrected chi connectivity index (χ4v) is 1.09. The van der Waals surface area contributed by atoms with E-state index in [1.54, 1.807) is 18.1 Å². The average molecular weight is 194 g/mol. The highest BCUT2D eigenvalue weighted by molar-refractivity contribution is 5.79. The molecule has 0 saturated heterocycles. The van der Waals surface area contributed by atoms with E-state index in [9.17, 15) is 4.79 Å². The zero-order chi connectivity index (χ0) is 10.6. The van der Waals surface area contributed by atoms with E-state index in [1.807, 2.05) is 12.1 Å². The van der Waals surface area contributed by atoms with Crippen LogP contribution in [0.25, 0.3) is 0 Å². The van der Waals surface area contributed by atoms with Crippen molar-refractivity contribution >= 4 is 11.6 Å². The standard InChI is InChI=1S/C9H14N4O/c1-13(6-9(11)14)8-3-2-7(4-10)12-5-8/h2-3,5H,4,6,10H2,1H3,(H2,11,14). The zero-order valence-electron chi connectivity index (χ0n) is 8.10. The molecule has 1 rings (SSSR count). The summed E-state index contributed by atoms with van der Waals surface area (Å²) in [5, 5.41) is 0. The van der Waals surface area contributed by atoms with Crippen molar-refractivity contribution < 1.29 is 4.79 Å². The number of carbonyl (C=O) groups is 1. The van der Waals surface area contributed by atoms with Gasteiger partial charge in [0.1, 0.15) is 0 Å². The van der Waals surface area contributed by atoms with Crippen LogP contribution in [0.5, 0.6) is 0 Å². The molecule has 0 unspecified atom stereocenters. The van der Waals surface area contributed by atoms with Crippen LogP contribution in [-0.4, -0.2) is 24.5 Å². The van der Waals surface area contributed by atoms with Crippen molar-refractivity contribution in [2.75, 3.05) is 18.5 Å². The Balaban J connectivity index is 2.71. The van der Waals surface area contributed by atoms with Gasteiger partial charge in [-0.15, -0.1) is 0 Å². The van der Waals surface area contributed by atoms with Crippen molar-refractivity contribution in [1.29, 1.82) is 0 Å². The van der Waals surface area contributed by atoms with Gasteiger partial charge in [-0.2, -0.15) is 0 Å². The zero-order valence-corrected chi connectivity index (χ0v) is 8.10. The summed E-state index contributed by atoms with van der Waals surface area (Å²) in [4.78, 5) is 16.5. The summed E-state index contributed by atoms with van der Waals surface area (Å²) in [5.74, 6) is -0.365. The number of hydrogen-bond acceptors (Lipinski definition) is 4. The van der Waals surface area contributed by atoms with E-state index in [1.165, 1.54) is 0 Å². The Morgan fingerprint density at radius 1 is 1.57 bits per heavy atom. The van der Waals surface area contributed by atoms with Gasteiger partial charge < -0.3 is 16.4 Å². The molecule has 0 radical (unpaired) electrons. The lowest BCUT2D eigenvalue weighted by Crippen LogP contribution is -2.30. The number of rotatable bonds is 4. The Morgan fingerprint density at radius 2 is 2.29 bits per heavy atom. The summed E-state index contributed by atoms with van der Waals surface area (Å²) in [5.41, 5.74) is 12.1. The van der Waals surface area contributed by atoms with Crippen LogP contribution >= 0.6 is 0 Å². The van der Waals surface area contributed by atoms with Crippen molar-refractivity contribution in [1.82, 2.24) is 4.98 Å². The fourth-order valence-electron chi connectivity index (χ4n) is 1.09. The molecule has 1 heterocycles. The highest BCUT2D eigenvalue weighted by Crippen LogP contribution is 2.10. The molecule has 14 heavy (non-hydrogen) atoms. The van der Waals surface area contributed by atoms with E-state index in [2.05, 4.69) is 4.98 Å². The molecule has 1 aromatic heterocycles. The van der Waals surface area contributed by atoms with Gasteiger partial charge in [-0.3, -0.25) is 9.78 Å². The molecule has 0 saturated carbocycles. The molecule has 0 atom stereocenters. The quantitative estimate of drug-likeness (QED) is 0.674. The van der Waals surface area contributed by atoms with Gasteiger partial charge in [0.25, 0.3) is 0 Å². The monoisotopic (exact) mass is 194 g/mol. The van der Waals surface area contributed by atoms with E-state index in [0.29, 0.717) is 6.54 Å². The molecule has 0 fully saturated rings. The number of carbonyl (C=O) groups excluding carboxylic acids is 1. The highest BCUT2D eigenvalue weighted by Gasteiger charge is 2.03. The van der Waals surface area contributed by atoms with Crippen molar-refractivity contribution in [3.8, 4) is 0 Å². The topological polar surface area (TPSA) is 85.2 Å². The second-order valence-corrected chi connectivity index (χ2v) is 3.03. The summed E-state index contributed by atoms with van der Waals surface area (Å²) in [7, 11) is 1.78. The van der Waals surface area contributed by atoms with Crippen molar-refractivity contribution in [3.63, 3.8) is 0 Å². The molecule has 0 aliphatic rings. The molecule has 1 amide bonds. The first kappa shape index (κ1) is 10.5. The second kappa shape index (κ2) is 4.57. The van der Waals surface area contributed by atoms with Gasteiger partial charge in [0.2, 0.25) is 5.91 Å². The van der Waals surface area contributed by atoms with E-state index < -0.39 is 0 Å². The molecule has 4 N–H and O–H groups in total. The lowest BCUT2D eigenvalue weighted by molar-refractivity contribution is -0.116.